The molecular weight excluding hydrogens is 256 g/mol. The van der Waals surface area contributed by atoms with Gasteiger partial charge in [-0.2, -0.15) is 0 Å². The van der Waals surface area contributed by atoms with E-state index in [9.17, 15) is 0 Å². The first-order valence-corrected chi connectivity index (χ1v) is 5.41. The highest BCUT2D eigenvalue weighted by atomic mass is 79.9. The number of hydrogen-bond acceptors (Lipinski definition) is 2. The van der Waals surface area contributed by atoms with Gasteiger partial charge in [-0.25, -0.2) is 6.57 Å². The minimum absolute atomic E-state index is 0.0684. The van der Waals surface area contributed by atoms with E-state index >= 15 is 0 Å². The van der Waals surface area contributed by atoms with Crippen LogP contribution in [0.1, 0.15) is 12.0 Å². The Kier molecular flexibility index (Phi) is 3.02. The van der Waals surface area contributed by atoms with Crippen molar-refractivity contribution in [1.29, 1.82) is 0 Å². The lowest BCUT2D eigenvalue weighted by Gasteiger charge is -1.99. The number of halogens is 1. The Morgan fingerprint density at radius 2 is 2.20 bits per heavy atom. The average Bonchev–Trinajstić information content (AvgIpc) is 2.68. The predicted octanol–water partition coefficient (Wildman–Crippen LogP) is 2.86. The first-order valence-electron chi connectivity index (χ1n) is 4.61. The fourth-order valence-corrected chi connectivity index (χ4v) is 1.71. The largest absolute Gasteiger partial charge is 0.384 e. The lowest BCUT2D eigenvalue weighted by molar-refractivity contribution is 0.0972. The molecule has 1 aromatic carbocycles. The van der Waals surface area contributed by atoms with Gasteiger partial charge in [0.15, 0.2) is 0 Å². The standard InChI is InChI=1S/C11H9BrN2O/c1-13-7-10-6-11(14-15-10)8-2-4-9(12)5-3-8/h2-5,10H,6-7H2/t10-/m1/s1. The highest BCUT2D eigenvalue weighted by molar-refractivity contribution is 9.10. The Morgan fingerprint density at radius 3 is 2.87 bits per heavy atom. The minimum atomic E-state index is -0.0684. The van der Waals surface area contributed by atoms with Crippen LogP contribution in [0.25, 0.3) is 4.85 Å². The molecule has 0 saturated carbocycles. The number of oxime groups is 1. The van der Waals surface area contributed by atoms with Gasteiger partial charge in [-0.15, -0.1) is 0 Å². The highest BCUT2D eigenvalue weighted by Gasteiger charge is 2.24. The molecule has 1 aromatic rings. The molecule has 1 aliphatic heterocycles. The summed E-state index contributed by atoms with van der Waals surface area (Å²) >= 11 is 3.38. The molecule has 0 aromatic heterocycles. The van der Waals surface area contributed by atoms with Crippen LogP contribution in [-0.4, -0.2) is 18.4 Å². The van der Waals surface area contributed by atoms with Crippen LogP contribution >= 0.6 is 15.9 Å². The first-order chi connectivity index (χ1) is 7.29. The van der Waals surface area contributed by atoms with Crippen molar-refractivity contribution in [3.05, 3.63) is 45.7 Å². The van der Waals surface area contributed by atoms with Crippen LogP contribution in [-0.2, 0) is 4.84 Å². The maximum Gasteiger partial charge on any atom is 0.254 e. The summed E-state index contributed by atoms with van der Waals surface area (Å²) in [6.45, 7) is 7.13. The van der Waals surface area contributed by atoms with Gasteiger partial charge in [-0.1, -0.05) is 33.2 Å². The lowest BCUT2D eigenvalue weighted by atomic mass is 10.1. The Labute approximate surface area is 96.7 Å². The highest BCUT2D eigenvalue weighted by Crippen LogP contribution is 2.18. The molecule has 0 saturated heterocycles. The third-order valence-electron chi connectivity index (χ3n) is 2.21. The Balaban J connectivity index is 2.08. The molecule has 0 amide bonds. The molecule has 1 atom stereocenters. The van der Waals surface area contributed by atoms with Gasteiger partial charge in [0, 0.05) is 10.9 Å². The van der Waals surface area contributed by atoms with Gasteiger partial charge in [-0.05, 0) is 17.7 Å². The van der Waals surface area contributed by atoms with E-state index in [2.05, 4.69) is 25.9 Å². The van der Waals surface area contributed by atoms with E-state index in [1.165, 1.54) is 0 Å². The quantitative estimate of drug-likeness (QED) is 0.755. The normalized spacial score (nSPS) is 19.2. The Hall–Kier alpha value is -1.34. The third kappa shape index (κ3) is 2.37. The van der Waals surface area contributed by atoms with E-state index in [1.54, 1.807) is 0 Å². The summed E-state index contributed by atoms with van der Waals surface area (Å²) in [6.07, 6.45) is 0.658. The topological polar surface area (TPSA) is 25.9 Å². The molecule has 3 nitrogen and oxygen atoms in total. The second-order valence-corrected chi connectivity index (χ2v) is 4.23. The molecule has 0 N–H and O–H groups in total. The van der Waals surface area contributed by atoms with Gasteiger partial charge < -0.3 is 9.68 Å². The number of benzene rings is 1. The summed E-state index contributed by atoms with van der Waals surface area (Å²) in [7, 11) is 0. The zero-order valence-electron chi connectivity index (χ0n) is 7.98. The summed E-state index contributed by atoms with van der Waals surface area (Å²) in [4.78, 5) is 8.46. The monoisotopic (exact) mass is 264 g/mol. The smallest absolute Gasteiger partial charge is 0.254 e. The van der Waals surface area contributed by atoms with Crippen molar-refractivity contribution in [3.63, 3.8) is 0 Å². The third-order valence-corrected chi connectivity index (χ3v) is 2.73. The molecule has 0 unspecified atom stereocenters. The average molecular weight is 265 g/mol. The molecule has 15 heavy (non-hydrogen) atoms. The molecule has 1 heterocycles. The summed E-state index contributed by atoms with van der Waals surface area (Å²) in [5.74, 6) is 0. The maximum atomic E-state index is 6.75. The number of nitrogens with zero attached hydrogens (tertiary/aromatic N) is 2. The second-order valence-electron chi connectivity index (χ2n) is 3.32. The van der Waals surface area contributed by atoms with Gasteiger partial charge in [0.05, 0.1) is 5.71 Å². The summed E-state index contributed by atoms with van der Waals surface area (Å²) in [6, 6.07) is 7.93. The minimum Gasteiger partial charge on any atom is -0.384 e. The van der Waals surface area contributed by atoms with Gasteiger partial charge in [0.2, 0.25) is 6.10 Å². The van der Waals surface area contributed by atoms with Crippen molar-refractivity contribution in [1.82, 2.24) is 0 Å². The maximum absolute atomic E-state index is 6.75. The van der Waals surface area contributed by atoms with E-state index < -0.39 is 0 Å². The van der Waals surface area contributed by atoms with Crippen LogP contribution < -0.4 is 0 Å². The second kappa shape index (κ2) is 4.45. The van der Waals surface area contributed by atoms with Crippen molar-refractivity contribution >= 4 is 21.6 Å². The summed E-state index contributed by atoms with van der Waals surface area (Å²) < 4.78 is 1.04. The van der Waals surface area contributed by atoms with E-state index in [0.717, 1.165) is 22.2 Å². The van der Waals surface area contributed by atoms with Crippen LogP contribution in [0.4, 0.5) is 0 Å². The first kappa shape index (κ1) is 10.2. The SMILES string of the molecule is [C-]#[N+]C[C@H]1CC(c2ccc(Br)cc2)=NO1. The molecule has 1 aliphatic rings. The lowest BCUT2D eigenvalue weighted by Crippen LogP contribution is -2.10. The summed E-state index contributed by atoms with van der Waals surface area (Å²) in [5.41, 5.74) is 1.99. The van der Waals surface area contributed by atoms with Crippen molar-refractivity contribution in [3.8, 4) is 0 Å². The zero-order valence-corrected chi connectivity index (χ0v) is 9.57. The van der Waals surface area contributed by atoms with Crippen LogP contribution in [0.15, 0.2) is 33.9 Å². The van der Waals surface area contributed by atoms with Crippen LogP contribution in [0.5, 0.6) is 0 Å². The van der Waals surface area contributed by atoms with E-state index in [0.29, 0.717) is 6.54 Å². The zero-order chi connectivity index (χ0) is 10.7. The molecule has 0 spiro atoms. The molecule has 0 bridgehead atoms. The van der Waals surface area contributed by atoms with Crippen LogP contribution in [0.3, 0.4) is 0 Å². The molecule has 2 rings (SSSR count). The molecule has 0 radical (unpaired) electrons. The van der Waals surface area contributed by atoms with Crippen molar-refractivity contribution in [2.24, 2.45) is 5.16 Å². The molecule has 0 aliphatic carbocycles. The number of rotatable bonds is 2. The molecule has 4 heteroatoms. The fourth-order valence-electron chi connectivity index (χ4n) is 1.44. The van der Waals surface area contributed by atoms with Crippen molar-refractivity contribution in [2.75, 3.05) is 6.54 Å². The van der Waals surface area contributed by atoms with E-state index in [4.69, 9.17) is 11.4 Å². The fraction of sp³-hybridized carbons (Fsp3) is 0.273. The van der Waals surface area contributed by atoms with Gasteiger partial charge in [0.25, 0.3) is 6.54 Å². The van der Waals surface area contributed by atoms with E-state index in [-0.39, 0.29) is 6.10 Å². The van der Waals surface area contributed by atoms with Gasteiger partial charge in [-0.3, -0.25) is 0 Å². The van der Waals surface area contributed by atoms with Crippen molar-refractivity contribution in [2.45, 2.75) is 12.5 Å². The van der Waals surface area contributed by atoms with Gasteiger partial charge >= 0.3 is 0 Å². The predicted molar refractivity (Wildman–Crippen MR) is 61.6 cm³/mol. The Morgan fingerprint density at radius 1 is 1.47 bits per heavy atom. The molecular formula is C11H9BrN2O. The number of hydrogen-bond donors (Lipinski definition) is 0. The molecule has 0 fully saturated rings. The summed E-state index contributed by atoms with van der Waals surface area (Å²) in [5, 5.41) is 3.99. The van der Waals surface area contributed by atoms with Crippen molar-refractivity contribution < 1.29 is 4.84 Å². The van der Waals surface area contributed by atoms with E-state index in [1.807, 2.05) is 24.3 Å². The Bertz CT molecular complexity index is 419. The van der Waals surface area contributed by atoms with Crippen LogP contribution in [0, 0.1) is 6.57 Å². The molecule has 76 valence electrons. The van der Waals surface area contributed by atoms with Crippen LogP contribution in [0.2, 0.25) is 0 Å². The van der Waals surface area contributed by atoms with Gasteiger partial charge in [0.1, 0.15) is 0 Å².